The number of aliphatic hydroxyl groups is 1. The minimum absolute atomic E-state index is 0.147. The van der Waals surface area contributed by atoms with Crippen molar-refractivity contribution in [3.05, 3.63) is 71.6 Å². The molecule has 1 N–H and O–H groups in total. The molecule has 4 nitrogen and oxygen atoms in total. The number of ether oxygens (including phenoxy) is 1. The normalized spacial score (nSPS) is 18.6. The Morgan fingerprint density at radius 1 is 1.14 bits per heavy atom. The third kappa shape index (κ3) is 5.64. The number of piperazine rings is 1. The molecular weight excluding hydrogens is 355 g/mol. The summed E-state index contributed by atoms with van der Waals surface area (Å²) in [5, 5.41) is 9.47. The molecule has 0 radical (unpaired) electrons. The van der Waals surface area contributed by atoms with Gasteiger partial charge in [-0.1, -0.05) is 42.5 Å². The predicted molar refractivity (Wildman–Crippen MR) is 111 cm³/mol. The lowest BCUT2D eigenvalue weighted by molar-refractivity contribution is 0.0589. The summed E-state index contributed by atoms with van der Waals surface area (Å²) in [6, 6.07) is 15.2. The van der Waals surface area contributed by atoms with Crippen LogP contribution < -0.4 is 4.74 Å². The van der Waals surface area contributed by atoms with Crippen LogP contribution in [0.3, 0.4) is 0 Å². The Bertz CT molecular complexity index is 763. The van der Waals surface area contributed by atoms with Gasteiger partial charge in [0.25, 0.3) is 0 Å². The molecule has 1 aliphatic rings. The molecule has 0 aliphatic carbocycles. The van der Waals surface area contributed by atoms with Gasteiger partial charge < -0.3 is 9.84 Å². The van der Waals surface area contributed by atoms with E-state index in [2.05, 4.69) is 22.0 Å². The van der Waals surface area contributed by atoms with Gasteiger partial charge in [-0.05, 0) is 30.2 Å². The minimum atomic E-state index is -0.157. The largest absolute Gasteiger partial charge is 0.497 e. The van der Waals surface area contributed by atoms with Crippen molar-refractivity contribution in [1.29, 1.82) is 0 Å². The molecule has 3 rings (SSSR count). The second-order valence-corrected chi connectivity index (χ2v) is 7.16. The molecule has 0 amide bonds. The van der Waals surface area contributed by atoms with Crippen LogP contribution in [0.25, 0.3) is 6.08 Å². The highest BCUT2D eigenvalue weighted by atomic mass is 19.1. The van der Waals surface area contributed by atoms with Gasteiger partial charge in [-0.15, -0.1) is 0 Å². The molecule has 1 heterocycles. The number of rotatable bonds is 8. The van der Waals surface area contributed by atoms with Gasteiger partial charge in [0.1, 0.15) is 11.6 Å². The summed E-state index contributed by atoms with van der Waals surface area (Å²) in [5.41, 5.74) is 1.86. The molecule has 0 bridgehead atoms. The van der Waals surface area contributed by atoms with E-state index in [-0.39, 0.29) is 18.5 Å². The van der Waals surface area contributed by atoms with E-state index in [0.717, 1.165) is 43.1 Å². The summed E-state index contributed by atoms with van der Waals surface area (Å²) >= 11 is 0. The summed E-state index contributed by atoms with van der Waals surface area (Å²) in [6.07, 6.45) is 4.99. The van der Waals surface area contributed by atoms with Crippen molar-refractivity contribution in [2.45, 2.75) is 19.0 Å². The molecule has 1 atom stereocenters. The van der Waals surface area contributed by atoms with E-state index in [1.165, 1.54) is 6.07 Å². The number of benzene rings is 2. The lowest BCUT2D eigenvalue weighted by atomic mass is 10.1. The first-order valence-electron chi connectivity index (χ1n) is 9.81. The Morgan fingerprint density at radius 2 is 1.93 bits per heavy atom. The number of aliphatic hydroxyl groups excluding tert-OH is 1. The maximum Gasteiger partial charge on any atom is 0.127 e. The predicted octanol–water partition coefficient (Wildman–Crippen LogP) is 3.42. The van der Waals surface area contributed by atoms with E-state index in [9.17, 15) is 9.50 Å². The smallest absolute Gasteiger partial charge is 0.127 e. The second-order valence-electron chi connectivity index (χ2n) is 7.16. The fourth-order valence-electron chi connectivity index (χ4n) is 3.65. The van der Waals surface area contributed by atoms with Gasteiger partial charge >= 0.3 is 0 Å². The van der Waals surface area contributed by atoms with Crippen molar-refractivity contribution in [2.75, 3.05) is 39.9 Å². The van der Waals surface area contributed by atoms with Gasteiger partial charge in [-0.3, -0.25) is 9.80 Å². The molecule has 0 saturated carbocycles. The van der Waals surface area contributed by atoms with Crippen LogP contribution >= 0.6 is 0 Å². The maximum absolute atomic E-state index is 14.0. The van der Waals surface area contributed by atoms with Crippen molar-refractivity contribution in [2.24, 2.45) is 0 Å². The molecule has 0 aromatic heterocycles. The van der Waals surface area contributed by atoms with Gasteiger partial charge in [0.05, 0.1) is 7.11 Å². The van der Waals surface area contributed by atoms with E-state index < -0.39 is 0 Å². The first kappa shape index (κ1) is 20.5. The van der Waals surface area contributed by atoms with Crippen molar-refractivity contribution in [3.63, 3.8) is 0 Å². The van der Waals surface area contributed by atoms with E-state index in [1.54, 1.807) is 13.2 Å². The van der Waals surface area contributed by atoms with E-state index in [1.807, 2.05) is 36.4 Å². The molecule has 1 fully saturated rings. The summed E-state index contributed by atoms with van der Waals surface area (Å²) in [7, 11) is 1.67. The Kier molecular flexibility index (Phi) is 7.60. The molecule has 0 unspecified atom stereocenters. The zero-order chi connectivity index (χ0) is 19.8. The summed E-state index contributed by atoms with van der Waals surface area (Å²) in [4.78, 5) is 4.68. The van der Waals surface area contributed by atoms with Crippen molar-refractivity contribution < 1.29 is 14.2 Å². The van der Waals surface area contributed by atoms with E-state index in [0.29, 0.717) is 13.0 Å². The van der Waals surface area contributed by atoms with Crippen LogP contribution in [0.1, 0.15) is 17.5 Å². The number of hydrogen-bond acceptors (Lipinski definition) is 4. The third-order valence-electron chi connectivity index (χ3n) is 5.27. The molecule has 150 valence electrons. The Labute approximate surface area is 166 Å². The molecule has 1 saturated heterocycles. The first-order chi connectivity index (χ1) is 13.7. The molecule has 0 spiro atoms. The van der Waals surface area contributed by atoms with Gasteiger partial charge in [0.2, 0.25) is 0 Å². The van der Waals surface area contributed by atoms with Crippen LogP contribution in [0.4, 0.5) is 4.39 Å². The quantitative estimate of drug-likeness (QED) is 0.757. The number of nitrogens with zero attached hydrogens (tertiary/aromatic N) is 2. The number of methoxy groups -OCH3 is 1. The van der Waals surface area contributed by atoms with Crippen molar-refractivity contribution in [1.82, 2.24) is 9.80 Å². The lowest BCUT2D eigenvalue weighted by Gasteiger charge is -2.41. The second kappa shape index (κ2) is 10.4. The first-order valence-corrected chi connectivity index (χ1v) is 9.81. The Balaban J connectivity index is 1.55. The molecule has 2 aromatic rings. The van der Waals surface area contributed by atoms with E-state index >= 15 is 0 Å². The van der Waals surface area contributed by atoms with Crippen LogP contribution in [0.5, 0.6) is 5.75 Å². The monoisotopic (exact) mass is 384 g/mol. The van der Waals surface area contributed by atoms with Gasteiger partial charge in [-0.2, -0.15) is 0 Å². The van der Waals surface area contributed by atoms with E-state index in [4.69, 9.17) is 4.74 Å². The van der Waals surface area contributed by atoms with Crippen molar-refractivity contribution in [3.8, 4) is 5.75 Å². The Morgan fingerprint density at radius 3 is 2.64 bits per heavy atom. The zero-order valence-corrected chi connectivity index (χ0v) is 16.4. The molecule has 1 aliphatic heterocycles. The number of halogens is 1. The molecule has 2 aromatic carbocycles. The van der Waals surface area contributed by atoms with Gasteiger partial charge in [0, 0.05) is 50.9 Å². The standard InChI is InChI=1S/C23H29FN2O2/c1-28-22-10-8-19(9-11-22)5-4-13-25-14-15-26(21(18-25)12-16-27)17-20-6-2-3-7-23(20)24/h2-11,21,27H,12-18H2,1H3/b5-4+/t21-/m0/s1. The van der Waals surface area contributed by atoms with Gasteiger partial charge in [-0.25, -0.2) is 4.39 Å². The van der Waals surface area contributed by atoms with Crippen LogP contribution in [-0.2, 0) is 6.54 Å². The molecule has 5 heteroatoms. The summed E-state index contributed by atoms with van der Waals surface area (Å²) in [6.45, 7) is 4.28. The third-order valence-corrected chi connectivity index (χ3v) is 5.27. The maximum atomic E-state index is 14.0. The van der Waals surface area contributed by atoms with Crippen LogP contribution in [0.15, 0.2) is 54.6 Å². The fraction of sp³-hybridized carbons (Fsp3) is 0.391. The van der Waals surface area contributed by atoms with Crippen molar-refractivity contribution >= 4 is 6.08 Å². The molecular formula is C23H29FN2O2. The van der Waals surface area contributed by atoms with Gasteiger partial charge in [0.15, 0.2) is 0 Å². The zero-order valence-electron chi connectivity index (χ0n) is 16.4. The fourth-order valence-corrected chi connectivity index (χ4v) is 3.65. The number of hydrogen-bond donors (Lipinski definition) is 1. The Hall–Kier alpha value is -2.21. The average molecular weight is 384 g/mol. The SMILES string of the molecule is COc1ccc(/C=C/CN2CCN(Cc3ccccc3F)[C@@H](CCO)C2)cc1. The average Bonchev–Trinajstić information content (AvgIpc) is 2.72. The van der Waals surface area contributed by atoms with Crippen LogP contribution in [0.2, 0.25) is 0 Å². The van der Waals surface area contributed by atoms with Crippen LogP contribution in [0, 0.1) is 5.82 Å². The highest BCUT2D eigenvalue weighted by Gasteiger charge is 2.26. The minimum Gasteiger partial charge on any atom is -0.497 e. The highest BCUT2D eigenvalue weighted by molar-refractivity contribution is 5.50. The highest BCUT2D eigenvalue weighted by Crippen LogP contribution is 2.18. The summed E-state index contributed by atoms with van der Waals surface area (Å²) in [5.74, 6) is 0.699. The summed E-state index contributed by atoms with van der Waals surface area (Å²) < 4.78 is 19.2. The lowest BCUT2D eigenvalue weighted by Crippen LogP contribution is -2.52. The topological polar surface area (TPSA) is 35.9 Å². The molecule has 28 heavy (non-hydrogen) atoms. The van der Waals surface area contributed by atoms with Crippen LogP contribution in [-0.4, -0.2) is 60.8 Å².